The highest BCUT2D eigenvalue weighted by Gasteiger charge is 2.25. The minimum absolute atomic E-state index is 0.200. The summed E-state index contributed by atoms with van der Waals surface area (Å²) in [5, 5.41) is 0. The molecule has 0 rings (SSSR count). The number of hydrogen-bond donors (Lipinski definition) is 0. The summed E-state index contributed by atoms with van der Waals surface area (Å²) in [5.74, 6) is 0.688. The van der Waals surface area contributed by atoms with Crippen molar-refractivity contribution in [2.45, 2.75) is 47.0 Å². The maximum Gasteiger partial charge on any atom is 0.120 e. The zero-order chi connectivity index (χ0) is 8.91. The van der Waals surface area contributed by atoms with Crippen LogP contribution in [0.2, 0.25) is 0 Å². The van der Waals surface area contributed by atoms with Gasteiger partial charge >= 0.3 is 0 Å². The van der Waals surface area contributed by atoms with Crippen molar-refractivity contribution in [1.29, 1.82) is 0 Å². The molecule has 0 spiro atoms. The zero-order valence-electron chi connectivity index (χ0n) is 8.18. The minimum Gasteiger partial charge on any atom is -0.303 e. The van der Waals surface area contributed by atoms with Crippen LogP contribution in [-0.4, -0.2) is 6.29 Å². The Hall–Kier alpha value is -0.330. The van der Waals surface area contributed by atoms with E-state index in [1.54, 1.807) is 0 Å². The van der Waals surface area contributed by atoms with Gasteiger partial charge in [-0.1, -0.05) is 40.5 Å². The molecule has 0 fully saturated rings. The van der Waals surface area contributed by atoms with Crippen molar-refractivity contribution in [2.75, 3.05) is 0 Å². The van der Waals surface area contributed by atoms with E-state index >= 15 is 0 Å². The van der Waals surface area contributed by atoms with Gasteiger partial charge < -0.3 is 4.79 Å². The van der Waals surface area contributed by atoms with E-state index in [-0.39, 0.29) is 5.41 Å². The molecule has 0 amide bonds. The summed E-state index contributed by atoms with van der Waals surface area (Å²) in [6, 6.07) is 0. The van der Waals surface area contributed by atoms with E-state index in [9.17, 15) is 4.79 Å². The smallest absolute Gasteiger partial charge is 0.120 e. The third-order valence-corrected chi connectivity index (χ3v) is 2.70. The summed E-state index contributed by atoms with van der Waals surface area (Å²) in [4.78, 5) is 10.4. The largest absolute Gasteiger partial charge is 0.303 e. The fourth-order valence-corrected chi connectivity index (χ4v) is 1.78. The normalized spacial score (nSPS) is 12.1. The molecule has 0 atom stereocenters. The predicted octanol–water partition coefficient (Wildman–Crippen LogP) is 3.04. The molecule has 0 radical (unpaired) electrons. The van der Waals surface area contributed by atoms with Crippen LogP contribution in [0.5, 0.6) is 0 Å². The van der Waals surface area contributed by atoms with Crippen LogP contribution in [0.1, 0.15) is 47.0 Å². The molecule has 11 heavy (non-hydrogen) atoms. The van der Waals surface area contributed by atoms with Crippen molar-refractivity contribution in [2.24, 2.45) is 11.3 Å². The molecule has 0 aliphatic carbocycles. The first-order chi connectivity index (χ1) is 5.08. The van der Waals surface area contributed by atoms with Crippen LogP contribution < -0.4 is 0 Å². The standard InChI is InChI=1S/C10H20O/c1-5-9(6-2)10(3,4)7-8-11/h8-9H,5-7H2,1-4H3. The molecule has 0 aliphatic heterocycles. The molecule has 1 nitrogen and oxygen atoms in total. The van der Waals surface area contributed by atoms with Crippen LogP contribution in [-0.2, 0) is 4.79 Å². The van der Waals surface area contributed by atoms with E-state index in [1.807, 2.05) is 0 Å². The second-order valence-electron chi connectivity index (χ2n) is 3.87. The van der Waals surface area contributed by atoms with Crippen LogP contribution in [0.25, 0.3) is 0 Å². The average Bonchev–Trinajstić information content (AvgIpc) is 1.89. The summed E-state index contributed by atoms with van der Waals surface area (Å²) < 4.78 is 0. The first kappa shape index (κ1) is 10.7. The van der Waals surface area contributed by atoms with Crippen molar-refractivity contribution in [3.63, 3.8) is 0 Å². The van der Waals surface area contributed by atoms with Gasteiger partial charge in [0.25, 0.3) is 0 Å². The Labute approximate surface area is 70.2 Å². The highest BCUT2D eigenvalue weighted by Crippen LogP contribution is 2.34. The van der Waals surface area contributed by atoms with Crippen LogP contribution in [0.3, 0.4) is 0 Å². The van der Waals surface area contributed by atoms with E-state index in [4.69, 9.17) is 0 Å². The van der Waals surface area contributed by atoms with Gasteiger partial charge in [-0.15, -0.1) is 0 Å². The van der Waals surface area contributed by atoms with Crippen molar-refractivity contribution in [1.82, 2.24) is 0 Å². The van der Waals surface area contributed by atoms with Crippen LogP contribution in [0.15, 0.2) is 0 Å². The molecule has 0 aliphatic rings. The third-order valence-electron chi connectivity index (χ3n) is 2.70. The van der Waals surface area contributed by atoms with Gasteiger partial charge in [0, 0.05) is 6.42 Å². The van der Waals surface area contributed by atoms with E-state index in [0.717, 1.165) is 6.29 Å². The highest BCUT2D eigenvalue weighted by atomic mass is 16.1. The molecule has 0 unspecified atom stereocenters. The first-order valence-electron chi connectivity index (χ1n) is 4.52. The fourth-order valence-electron chi connectivity index (χ4n) is 1.78. The molecule has 0 aromatic carbocycles. The Balaban J connectivity index is 4.10. The molecule has 0 aromatic rings. The molecular formula is C10H20O. The van der Waals surface area contributed by atoms with Crippen molar-refractivity contribution in [3.8, 4) is 0 Å². The molecule has 66 valence electrons. The Morgan fingerprint density at radius 2 is 1.73 bits per heavy atom. The molecular weight excluding hydrogens is 136 g/mol. The number of carbonyl (C=O) groups is 1. The van der Waals surface area contributed by atoms with Crippen LogP contribution >= 0.6 is 0 Å². The molecule has 0 saturated heterocycles. The van der Waals surface area contributed by atoms with Crippen molar-refractivity contribution >= 4 is 6.29 Å². The lowest BCUT2D eigenvalue weighted by molar-refractivity contribution is -0.110. The number of carbonyl (C=O) groups excluding carboxylic acids is 1. The number of rotatable bonds is 5. The van der Waals surface area contributed by atoms with Crippen molar-refractivity contribution < 1.29 is 4.79 Å². The summed E-state index contributed by atoms with van der Waals surface area (Å²) >= 11 is 0. The predicted molar refractivity (Wildman–Crippen MR) is 48.5 cm³/mol. The summed E-state index contributed by atoms with van der Waals surface area (Å²) in [6.07, 6.45) is 4.09. The van der Waals surface area contributed by atoms with Crippen molar-refractivity contribution in [3.05, 3.63) is 0 Å². The molecule has 0 heterocycles. The summed E-state index contributed by atoms with van der Waals surface area (Å²) in [5.41, 5.74) is 0.200. The van der Waals surface area contributed by atoms with Gasteiger partial charge in [-0.3, -0.25) is 0 Å². The van der Waals surface area contributed by atoms with Gasteiger partial charge in [0.2, 0.25) is 0 Å². The second-order valence-corrected chi connectivity index (χ2v) is 3.87. The van der Waals surface area contributed by atoms with E-state index in [1.165, 1.54) is 12.8 Å². The lowest BCUT2D eigenvalue weighted by atomic mass is 9.74. The summed E-state index contributed by atoms with van der Waals surface area (Å²) in [6.45, 7) is 8.75. The zero-order valence-corrected chi connectivity index (χ0v) is 8.18. The average molecular weight is 156 g/mol. The quantitative estimate of drug-likeness (QED) is 0.559. The number of aldehydes is 1. The fraction of sp³-hybridized carbons (Fsp3) is 0.900. The van der Waals surface area contributed by atoms with Gasteiger partial charge in [0.15, 0.2) is 0 Å². The van der Waals surface area contributed by atoms with Crippen LogP contribution in [0, 0.1) is 11.3 Å². The van der Waals surface area contributed by atoms with E-state index in [0.29, 0.717) is 12.3 Å². The summed E-state index contributed by atoms with van der Waals surface area (Å²) in [7, 11) is 0. The van der Waals surface area contributed by atoms with Gasteiger partial charge in [-0.25, -0.2) is 0 Å². The Bertz CT molecular complexity index is 112. The van der Waals surface area contributed by atoms with E-state index < -0.39 is 0 Å². The second kappa shape index (κ2) is 4.53. The molecule has 0 aromatic heterocycles. The third kappa shape index (κ3) is 3.04. The lowest BCUT2D eigenvalue weighted by Crippen LogP contribution is -2.23. The molecule has 0 saturated carbocycles. The molecule has 1 heteroatoms. The molecule has 0 N–H and O–H groups in total. The van der Waals surface area contributed by atoms with E-state index in [2.05, 4.69) is 27.7 Å². The topological polar surface area (TPSA) is 17.1 Å². The highest BCUT2D eigenvalue weighted by molar-refractivity contribution is 5.50. The van der Waals surface area contributed by atoms with Crippen LogP contribution in [0.4, 0.5) is 0 Å². The Morgan fingerprint density at radius 3 is 2.00 bits per heavy atom. The maximum atomic E-state index is 10.4. The minimum atomic E-state index is 0.200. The van der Waals surface area contributed by atoms with Gasteiger partial charge in [0.1, 0.15) is 6.29 Å². The van der Waals surface area contributed by atoms with Gasteiger partial charge in [-0.05, 0) is 11.3 Å². The Kier molecular flexibility index (Phi) is 4.39. The maximum absolute atomic E-state index is 10.4. The first-order valence-corrected chi connectivity index (χ1v) is 4.52. The van der Waals surface area contributed by atoms with Gasteiger partial charge in [0.05, 0.1) is 0 Å². The number of hydrogen-bond acceptors (Lipinski definition) is 1. The molecule has 0 bridgehead atoms. The van der Waals surface area contributed by atoms with Gasteiger partial charge in [-0.2, -0.15) is 0 Å². The SMILES string of the molecule is CCC(CC)C(C)(C)CC=O. The monoisotopic (exact) mass is 156 g/mol. The Morgan fingerprint density at radius 1 is 1.27 bits per heavy atom. The lowest BCUT2D eigenvalue weighted by Gasteiger charge is -2.31.